The van der Waals surface area contributed by atoms with Gasteiger partial charge in [0.1, 0.15) is 17.3 Å². The van der Waals surface area contributed by atoms with Gasteiger partial charge in [0.2, 0.25) is 0 Å². The lowest BCUT2D eigenvalue weighted by molar-refractivity contribution is 0.102. The van der Waals surface area contributed by atoms with Crippen molar-refractivity contribution < 1.29 is 4.79 Å². The van der Waals surface area contributed by atoms with Crippen LogP contribution >= 0.6 is 11.6 Å². The first-order valence-electron chi connectivity index (χ1n) is 8.21. The number of rotatable bonds is 5. The van der Waals surface area contributed by atoms with Crippen LogP contribution in [0.4, 0.5) is 11.5 Å². The molecular formula is C20H19ClN4O. The van der Waals surface area contributed by atoms with Gasteiger partial charge in [0.15, 0.2) is 0 Å². The van der Waals surface area contributed by atoms with E-state index in [2.05, 4.69) is 20.6 Å². The molecule has 3 rings (SSSR count). The van der Waals surface area contributed by atoms with Gasteiger partial charge in [-0.05, 0) is 43.7 Å². The fourth-order valence-corrected chi connectivity index (χ4v) is 2.53. The Hall–Kier alpha value is -2.92. The van der Waals surface area contributed by atoms with Crippen LogP contribution in [0, 0.1) is 13.8 Å². The zero-order valence-corrected chi connectivity index (χ0v) is 15.3. The van der Waals surface area contributed by atoms with Crippen LogP contribution < -0.4 is 10.6 Å². The summed E-state index contributed by atoms with van der Waals surface area (Å²) in [6.45, 7) is 4.33. The number of aromatic nitrogens is 2. The summed E-state index contributed by atoms with van der Waals surface area (Å²) in [6, 6.07) is 16.8. The molecule has 132 valence electrons. The summed E-state index contributed by atoms with van der Waals surface area (Å²) in [7, 11) is 0. The second-order valence-corrected chi connectivity index (χ2v) is 6.42. The maximum absolute atomic E-state index is 12.5. The number of carbonyl (C=O) groups is 1. The van der Waals surface area contributed by atoms with Crippen molar-refractivity contribution in [2.45, 2.75) is 20.4 Å². The standard InChI is InChI=1S/C20H19ClN4O/c1-13-3-9-17(10-4-13)25-20(26)18-11-19(24-14(2)23-18)22-12-15-5-7-16(21)8-6-15/h3-11H,12H2,1-2H3,(H,25,26)(H,22,23,24). The molecule has 6 heteroatoms. The number of hydrogen-bond donors (Lipinski definition) is 2. The van der Waals surface area contributed by atoms with E-state index >= 15 is 0 Å². The predicted molar refractivity (Wildman–Crippen MR) is 105 cm³/mol. The Morgan fingerprint density at radius 3 is 2.38 bits per heavy atom. The molecule has 0 spiro atoms. The van der Waals surface area contributed by atoms with Gasteiger partial charge < -0.3 is 10.6 Å². The van der Waals surface area contributed by atoms with Crippen LogP contribution in [0.2, 0.25) is 5.02 Å². The summed E-state index contributed by atoms with van der Waals surface area (Å²) < 4.78 is 0. The third kappa shape index (κ3) is 4.80. The highest BCUT2D eigenvalue weighted by Crippen LogP contribution is 2.14. The molecule has 3 aromatic rings. The third-order valence-corrected chi connectivity index (χ3v) is 4.02. The maximum Gasteiger partial charge on any atom is 0.274 e. The molecule has 0 aliphatic carbocycles. The van der Waals surface area contributed by atoms with Crippen molar-refractivity contribution in [3.63, 3.8) is 0 Å². The molecular weight excluding hydrogens is 348 g/mol. The highest BCUT2D eigenvalue weighted by Gasteiger charge is 2.11. The number of aryl methyl sites for hydroxylation is 2. The van der Waals surface area contributed by atoms with E-state index in [0.717, 1.165) is 16.8 Å². The van der Waals surface area contributed by atoms with Crippen LogP contribution in [-0.2, 0) is 6.54 Å². The van der Waals surface area contributed by atoms with E-state index in [9.17, 15) is 4.79 Å². The number of anilines is 2. The van der Waals surface area contributed by atoms with Crippen LogP contribution in [0.1, 0.15) is 27.4 Å². The molecule has 0 bridgehead atoms. The normalized spacial score (nSPS) is 10.4. The van der Waals surface area contributed by atoms with Crippen LogP contribution in [0.15, 0.2) is 54.6 Å². The number of nitrogens with one attached hydrogen (secondary N) is 2. The Morgan fingerprint density at radius 1 is 1.00 bits per heavy atom. The molecule has 5 nitrogen and oxygen atoms in total. The van der Waals surface area contributed by atoms with Crippen molar-refractivity contribution in [2.75, 3.05) is 10.6 Å². The first-order valence-corrected chi connectivity index (χ1v) is 8.59. The van der Waals surface area contributed by atoms with E-state index in [1.807, 2.05) is 55.5 Å². The SMILES string of the molecule is Cc1ccc(NC(=O)c2cc(NCc3ccc(Cl)cc3)nc(C)n2)cc1. The molecule has 0 aliphatic rings. The molecule has 2 aromatic carbocycles. The van der Waals surface area contributed by atoms with Crippen LogP contribution in [0.3, 0.4) is 0 Å². The summed E-state index contributed by atoms with van der Waals surface area (Å²) in [6.07, 6.45) is 0. The summed E-state index contributed by atoms with van der Waals surface area (Å²) in [5.74, 6) is 0.857. The minimum atomic E-state index is -0.270. The molecule has 0 unspecified atom stereocenters. The molecule has 0 fully saturated rings. The van der Waals surface area contributed by atoms with Crippen molar-refractivity contribution in [1.82, 2.24) is 9.97 Å². The second-order valence-electron chi connectivity index (χ2n) is 5.99. The first kappa shape index (κ1) is 17.9. The molecule has 26 heavy (non-hydrogen) atoms. The molecule has 0 atom stereocenters. The number of hydrogen-bond acceptors (Lipinski definition) is 4. The molecule has 0 aliphatic heterocycles. The molecule has 2 N–H and O–H groups in total. The summed E-state index contributed by atoms with van der Waals surface area (Å²) in [4.78, 5) is 21.0. The Kier molecular flexibility index (Phi) is 5.49. The topological polar surface area (TPSA) is 66.9 Å². The number of nitrogens with zero attached hydrogens (tertiary/aromatic N) is 2. The molecule has 1 aromatic heterocycles. The van der Waals surface area contributed by atoms with E-state index < -0.39 is 0 Å². The number of amides is 1. The largest absolute Gasteiger partial charge is 0.366 e. The van der Waals surface area contributed by atoms with E-state index in [0.29, 0.717) is 28.9 Å². The molecule has 1 amide bonds. The fraction of sp³-hybridized carbons (Fsp3) is 0.150. The van der Waals surface area contributed by atoms with Gasteiger partial charge in [-0.1, -0.05) is 41.4 Å². The lowest BCUT2D eigenvalue weighted by Gasteiger charge is -2.09. The van der Waals surface area contributed by atoms with Gasteiger partial charge in [-0.2, -0.15) is 0 Å². The monoisotopic (exact) mass is 366 g/mol. The predicted octanol–water partition coefficient (Wildman–Crippen LogP) is 4.61. The summed E-state index contributed by atoms with van der Waals surface area (Å²) in [5.41, 5.74) is 3.25. The van der Waals surface area contributed by atoms with Crippen LogP contribution in [0.25, 0.3) is 0 Å². The Balaban J connectivity index is 1.71. The minimum absolute atomic E-state index is 0.270. The zero-order valence-electron chi connectivity index (χ0n) is 14.6. The van der Waals surface area contributed by atoms with Crippen molar-refractivity contribution in [3.05, 3.63) is 82.3 Å². The van der Waals surface area contributed by atoms with Gasteiger partial charge in [-0.3, -0.25) is 4.79 Å². The number of halogens is 1. The molecule has 0 saturated heterocycles. The highest BCUT2D eigenvalue weighted by molar-refractivity contribution is 6.30. The van der Waals surface area contributed by atoms with Gasteiger partial charge in [0.05, 0.1) is 0 Å². The smallest absolute Gasteiger partial charge is 0.274 e. The quantitative estimate of drug-likeness (QED) is 0.691. The van der Waals surface area contributed by atoms with Gasteiger partial charge in [0, 0.05) is 23.3 Å². The average molecular weight is 367 g/mol. The summed E-state index contributed by atoms with van der Waals surface area (Å²) in [5, 5.41) is 6.76. The van der Waals surface area contributed by atoms with Crippen LogP contribution in [0.5, 0.6) is 0 Å². The van der Waals surface area contributed by atoms with Crippen molar-refractivity contribution in [1.29, 1.82) is 0 Å². The van der Waals surface area contributed by atoms with Crippen molar-refractivity contribution in [3.8, 4) is 0 Å². The molecule has 1 heterocycles. The van der Waals surface area contributed by atoms with E-state index in [1.54, 1.807) is 13.0 Å². The highest BCUT2D eigenvalue weighted by atomic mass is 35.5. The number of carbonyl (C=O) groups excluding carboxylic acids is 1. The Morgan fingerprint density at radius 2 is 1.69 bits per heavy atom. The van der Waals surface area contributed by atoms with E-state index in [4.69, 9.17) is 11.6 Å². The first-order chi connectivity index (χ1) is 12.5. The molecule has 0 radical (unpaired) electrons. The lowest BCUT2D eigenvalue weighted by atomic mass is 10.2. The minimum Gasteiger partial charge on any atom is -0.366 e. The molecule has 0 saturated carbocycles. The Bertz CT molecular complexity index is 908. The van der Waals surface area contributed by atoms with Gasteiger partial charge in [0.25, 0.3) is 5.91 Å². The summed E-state index contributed by atoms with van der Waals surface area (Å²) >= 11 is 5.89. The van der Waals surface area contributed by atoms with Crippen LogP contribution in [-0.4, -0.2) is 15.9 Å². The van der Waals surface area contributed by atoms with E-state index in [-0.39, 0.29) is 5.91 Å². The van der Waals surface area contributed by atoms with Gasteiger partial charge in [-0.15, -0.1) is 0 Å². The fourth-order valence-electron chi connectivity index (χ4n) is 2.40. The second kappa shape index (κ2) is 7.97. The lowest BCUT2D eigenvalue weighted by Crippen LogP contribution is -2.15. The van der Waals surface area contributed by atoms with Gasteiger partial charge in [-0.25, -0.2) is 9.97 Å². The van der Waals surface area contributed by atoms with Crippen molar-refractivity contribution in [2.24, 2.45) is 0 Å². The maximum atomic E-state index is 12.5. The number of benzene rings is 2. The third-order valence-electron chi connectivity index (χ3n) is 3.77. The van der Waals surface area contributed by atoms with Gasteiger partial charge >= 0.3 is 0 Å². The Labute approximate surface area is 157 Å². The van der Waals surface area contributed by atoms with Crippen molar-refractivity contribution >= 4 is 29.0 Å². The van der Waals surface area contributed by atoms with E-state index in [1.165, 1.54) is 0 Å². The zero-order chi connectivity index (χ0) is 18.5. The average Bonchev–Trinajstić information content (AvgIpc) is 2.63.